The monoisotopic (exact) mass is 504 g/mol. The third-order valence-electron chi connectivity index (χ3n) is 5.80. The molecule has 3 N–H and O–H groups in total. The molecule has 0 saturated heterocycles. The van der Waals surface area contributed by atoms with Gasteiger partial charge in [-0.3, -0.25) is 9.59 Å². The number of anilines is 2. The lowest BCUT2D eigenvalue weighted by Crippen LogP contribution is -2.21. The minimum absolute atomic E-state index is 0. The maximum absolute atomic E-state index is 13.9. The van der Waals surface area contributed by atoms with Crippen LogP contribution < -0.4 is 10.6 Å². The van der Waals surface area contributed by atoms with Crippen LogP contribution in [0, 0.1) is 5.82 Å². The number of hydrogen-bond acceptors (Lipinski definition) is 6. The van der Waals surface area contributed by atoms with Crippen LogP contribution in [0.3, 0.4) is 0 Å². The van der Waals surface area contributed by atoms with Crippen LogP contribution in [-0.2, 0) is 7.05 Å². The molecule has 1 atom stereocenters. The van der Waals surface area contributed by atoms with E-state index in [1.165, 1.54) is 24.3 Å². The fraction of sp³-hybridized carbons (Fsp3) is 0.0741. The molecule has 3 aromatic carbocycles. The van der Waals surface area contributed by atoms with Crippen LogP contribution in [0.1, 0.15) is 38.2 Å². The zero-order chi connectivity index (χ0) is 24.5. The van der Waals surface area contributed by atoms with E-state index in [2.05, 4.69) is 15.6 Å². The number of aromatic nitrogens is 2. The molecule has 9 heteroatoms. The van der Waals surface area contributed by atoms with E-state index in [9.17, 15) is 19.1 Å². The van der Waals surface area contributed by atoms with Crippen LogP contribution in [0.15, 0.2) is 96.6 Å². The Balaban J connectivity index is 0.00000304. The van der Waals surface area contributed by atoms with Gasteiger partial charge in [-0.2, -0.15) is 0 Å². The molecule has 4 aromatic rings. The predicted octanol–water partition coefficient (Wildman–Crippen LogP) is 4.88. The van der Waals surface area contributed by atoms with E-state index in [-0.39, 0.29) is 34.9 Å². The second-order valence-corrected chi connectivity index (χ2v) is 8.14. The van der Waals surface area contributed by atoms with Gasteiger partial charge in [0.1, 0.15) is 29.1 Å². The van der Waals surface area contributed by atoms with Crippen molar-refractivity contribution >= 4 is 35.3 Å². The zero-order valence-corrected chi connectivity index (χ0v) is 19.9. The van der Waals surface area contributed by atoms with E-state index in [0.29, 0.717) is 22.8 Å². The second-order valence-electron chi connectivity index (χ2n) is 8.14. The molecule has 0 fully saturated rings. The molecule has 0 radical (unpaired) electrons. The summed E-state index contributed by atoms with van der Waals surface area (Å²) in [6, 6.07) is 18.9. The molecule has 0 saturated carbocycles. The summed E-state index contributed by atoms with van der Waals surface area (Å²) in [5.74, 6) is -1.16. The number of rotatable bonds is 6. The number of ketones is 2. The number of carbonyl (C=O) groups excluding carboxylic acids is 2. The highest BCUT2D eigenvalue weighted by atomic mass is 35.5. The summed E-state index contributed by atoms with van der Waals surface area (Å²) in [6.45, 7) is 0. The van der Waals surface area contributed by atoms with Crippen molar-refractivity contribution in [2.24, 2.45) is 7.05 Å². The number of carbonyl (C=O) groups is 2. The predicted molar refractivity (Wildman–Crippen MR) is 137 cm³/mol. The summed E-state index contributed by atoms with van der Waals surface area (Å²) in [4.78, 5) is 31.4. The highest BCUT2D eigenvalue weighted by Crippen LogP contribution is 2.33. The van der Waals surface area contributed by atoms with Gasteiger partial charge in [-0.15, -0.1) is 12.4 Å². The lowest BCUT2D eigenvalue weighted by atomic mass is 9.93. The standard InChI is InChI=1S/C27H21FN4O3.ClH/c1-32-13-12-29-27(32)25(35)17-7-4-6-16(14-17)23(33)22(24(34)18-8-5-9-19(28)15-18)26-30-20-10-2-3-11-21(20)31-26;/h2-15,25,30-31,35H,1H3;1H. The summed E-state index contributed by atoms with van der Waals surface area (Å²) in [5.41, 5.74) is 1.93. The fourth-order valence-electron chi connectivity index (χ4n) is 4.01. The first-order valence-corrected chi connectivity index (χ1v) is 10.9. The third-order valence-corrected chi connectivity index (χ3v) is 5.80. The van der Waals surface area contributed by atoms with Crippen LogP contribution in [0.4, 0.5) is 15.8 Å². The molecule has 0 spiro atoms. The molecule has 0 aliphatic carbocycles. The Labute approximate surface area is 212 Å². The van der Waals surface area contributed by atoms with Crippen molar-refractivity contribution in [3.05, 3.63) is 125 Å². The first-order chi connectivity index (χ1) is 16.9. The van der Waals surface area contributed by atoms with E-state index < -0.39 is 23.5 Å². The van der Waals surface area contributed by atoms with Crippen LogP contribution in [0.5, 0.6) is 0 Å². The van der Waals surface area contributed by atoms with Crippen molar-refractivity contribution < 1.29 is 19.1 Å². The van der Waals surface area contributed by atoms with Gasteiger partial charge in [-0.05, 0) is 35.9 Å². The Kier molecular flexibility index (Phi) is 7.00. The number of aliphatic hydroxyl groups excluding tert-OH is 1. The molecule has 5 rings (SSSR count). The Hall–Kier alpha value is -4.27. The van der Waals surface area contributed by atoms with Gasteiger partial charge in [-0.25, -0.2) is 9.37 Å². The summed E-state index contributed by atoms with van der Waals surface area (Å²) < 4.78 is 15.6. The molecule has 182 valence electrons. The molecule has 36 heavy (non-hydrogen) atoms. The van der Waals surface area contributed by atoms with Crippen molar-refractivity contribution in [3.63, 3.8) is 0 Å². The average Bonchev–Trinajstić information content (AvgIpc) is 3.49. The zero-order valence-electron chi connectivity index (χ0n) is 19.1. The lowest BCUT2D eigenvalue weighted by Gasteiger charge is -2.14. The molecule has 1 unspecified atom stereocenters. The first-order valence-electron chi connectivity index (χ1n) is 10.9. The number of nitrogens with zero attached hydrogens (tertiary/aromatic N) is 2. The van der Waals surface area contributed by atoms with Gasteiger partial charge in [0, 0.05) is 30.6 Å². The van der Waals surface area contributed by atoms with Crippen LogP contribution in [0.25, 0.3) is 0 Å². The van der Waals surface area contributed by atoms with Crippen molar-refractivity contribution in [2.75, 3.05) is 10.6 Å². The smallest absolute Gasteiger partial charge is 0.200 e. The third kappa shape index (κ3) is 4.64. The molecule has 0 amide bonds. The number of fused-ring (bicyclic) bond motifs is 1. The number of para-hydroxylation sites is 2. The normalized spacial score (nSPS) is 12.6. The lowest BCUT2D eigenvalue weighted by molar-refractivity contribution is 0.0961. The quantitative estimate of drug-likeness (QED) is 0.150. The Morgan fingerprint density at radius 3 is 2.11 bits per heavy atom. The van der Waals surface area contributed by atoms with Gasteiger partial charge in [-0.1, -0.05) is 42.5 Å². The molecule has 2 heterocycles. The maximum Gasteiger partial charge on any atom is 0.200 e. The number of allylic oxidation sites excluding steroid dienone is 1. The van der Waals surface area contributed by atoms with Crippen molar-refractivity contribution in [2.45, 2.75) is 6.10 Å². The Bertz CT molecular complexity index is 1470. The van der Waals surface area contributed by atoms with Gasteiger partial charge in [0.05, 0.1) is 11.4 Å². The van der Waals surface area contributed by atoms with E-state index >= 15 is 0 Å². The number of hydrogen-bond donors (Lipinski definition) is 3. The maximum atomic E-state index is 13.9. The van der Waals surface area contributed by atoms with Gasteiger partial charge >= 0.3 is 0 Å². The SMILES string of the molecule is Cl.Cn1ccnc1C(O)c1cccc(C(=O)C(C(=O)c2cccc(F)c2)=C2Nc3ccccc3N2)c1. The minimum atomic E-state index is -1.07. The molecule has 7 nitrogen and oxygen atoms in total. The topological polar surface area (TPSA) is 96.2 Å². The van der Waals surface area contributed by atoms with E-state index in [4.69, 9.17) is 0 Å². The summed E-state index contributed by atoms with van der Waals surface area (Å²) >= 11 is 0. The van der Waals surface area contributed by atoms with Crippen LogP contribution in [0.2, 0.25) is 0 Å². The van der Waals surface area contributed by atoms with Gasteiger partial charge in [0.25, 0.3) is 0 Å². The molecular weight excluding hydrogens is 483 g/mol. The largest absolute Gasteiger partial charge is 0.380 e. The second kappa shape index (κ2) is 10.2. The van der Waals surface area contributed by atoms with E-state index in [0.717, 1.165) is 6.07 Å². The number of benzene rings is 3. The van der Waals surface area contributed by atoms with Crippen molar-refractivity contribution in [1.29, 1.82) is 0 Å². The van der Waals surface area contributed by atoms with Gasteiger partial charge < -0.3 is 20.3 Å². The Morgan fingerprint density at radius 2 is 1.53 bits per heavy atom. The van der Waals surface area contributed by atoms with E-state index in [1.807, 2.05) is 24.3 Å². The fourth-order valence-corrected chi connectivity index (χ4v) is 4.01. The van der Waals surface area contributed by atoms with Crippen LogP contribution in [-0.4, -0.2) is 26.2 Å². The number of Topliss-reactive ketones (excluding diaryl/α,β-unsaturated/α-hetero) is 2. The summed E-state index contributed by atoms with van der Waals surface area (Å²) in [7, 11) is 1.76. The number of nitrogens with one attached hydrogen (secondary N) is 2. The molecular formula is C27H22ClFN4O3. The molecule has 1 aliphatic heterocycles. The van der Waals surface area contributed by atoms with Gasteiger partial charge in [0.15, 0.2) is 0 Å². The number of halogens is 2. The highest BCUT2D eigenvalue weighted by Gasteiger charge is 2.30. The van der Waals surface area contributed by atoms with Crippen molar-refractivity contribution in [3.8, 4) is 0 Å². The minimum Gasteiger partial charge on any atom is -0.380 e. The van der Waals surface area contributed by atoms with Crippen LogP contribution >= 0.6 is 12.4 Å². The summed E-state index contributed by atoms with van der Waals surface area (Å²) in [5, 5.41) is 17.0. The van der Waals surface area contributed by atoms with Gasteiger partial charge in [0.2, 0.25) is 11.6 Å². The summed E-state index contributed by atoms with van der Waals surface area (Å²) in [6.07, 6.45) is 2.22. The highest BCUT2D eigenvalue weighted by molar-refractivity contribution is 6.32. The van der Waals surface area contributed by atoms with E-state index in [1.54, 1.807) is 42.2 Å². The molecule has 1 aromatic heterocycles. The van der Waals surface area contributed by atoms with Crippen molar-refractivity contribution in [1.82, 2.24) is 9.55 Å². The number of aliphatic hydroxyl groups is 1. The number of imidazole rings is 1. The molecule has 1 aliphatic rings. The average molecular weight is 505 g/mol. The molecule has 0 bridgehead atoms. The first kappa shape index (κ1) is 24.8. The number of aryl methyl sites for hydroxylation is 1. The Morgan fingerprint density at radius 1 is 0.917 bits per heavy atom.